The Bertz CT molecular complexity index is 424. The van der Waals surface area contributed by atoms with Crippen molar-refractivity contribution in [2.75, 3.05) is 13.6 Å². The number of hydrogen-bond acceptors (Lipinski definition) is 4. The van der Waals surface area contributed by atoms with E-state index in [1.54, 1.807) is 11.0 Å². The third kappa shape index (κ3) is 2.26. The molecule has 0 radical (unpaired) electrons. The lowest BCUT2D eigenvalue weighted by Gasteiger charge is -2.10. The maximum absolute atomic E-state index is 9.74. The van der Waals surface area contributed by atoms with Crippen molar-refractivity contribution in [3.63, 3.8) is 0 Å². The number of likely N-dealkylation sites (N-methyl/N-ethyl adjacent to an activating group) is 1. The number of nitrogens with zero attached hydrogens (tertiary/aromatic N) is 3. The second-order valence-corrected chi connectivity index (χ2v) is 3.51. The molecule has 0 aliphatic carbocycles. The van der Waals surface area contributed by atoms with E-state index in [9.17, 15) is 5.11 Å². The van der Waals surface area contributed by atoms with E-state index in [0.29, 0.717) is 6.54 Å². The van der Waals surface area contributed by atoms with E-state index in [2.05, 4.69) is 15.4 Å². The van der Waals surface area contributed by atoms with Crippen LogP contribution in [0.4, 0.5) is 0 Å². The molecule has 5 nitrogen and oxygen atoms in total. The molecule has 0 spiro atoms. The molecule has 1 unspecified atom stereocenters. The van der Waals surface area contributed by atoms with Crippen LogP contribution in [0.2, 0.25) is 0 Å². The zero-order chi connectivity index (χ0) is 11.4. The smallest absolute Gasteiger partial charge is 0.138 e. The van der Waals surface area contributed by atoms with Crippen LogP contribution in [0.1, 0.15) is 11.7 Å². The lowest BCUT2D eigenvalue weighted by Crippen LogP contribution is -2.16. The average molecular weight is 218 g/mol. The van der Waals surface area contributed by atoms with Crippen molar-refractivity contribution < 1.29 is 5.11 Å². The lowest BCUT2D eigenvalue weighted by atomic mass is 10.1. The molecule has 2 N–H and O–H groups in total. The molecule has 0 saturated carbocycles. The summed E-state index contributed by atoms with van der Waals surface area (Å²) in [4.78, 5) is 3.88. The molecule has 1 atom stereocenters. The number of rotatable bonds is 4. The van der Waals surface area contributed by atoms with Crippen LogP contribution in [0, 0.1) is 0 Å². The predicted molar refractivity (Wildman–Crippen MR) is 60.2 cm³/mol. The molecule has 0 saturated heterocycles. The fourth-order valence-electron chi connectivity index (χ4n) is 1.50. The quantitative estimate of drug-likeness (QED) is 0.785. The normalized spacial score (nSPS) is 12.6. The van der Waals surface area contributed by atoms with Crippen molar-refractivity contribution >= 4 is 0 Å². The molecule has 0 aliphatic rings. The van der Waals surface area contributed by atoms with Crippen LogP contribution >= 0.6 is 0 Å². The summed E-state index contributed by atoms with van der Waals surface area (Å²) in [5.74, 6) is 0. The number of hydrogen-bond donors (Lipinski definition) is 2. The molecular weight excluding hydrogens is 204 g/mol. The fourth-order valence-corrected chi connectivity index (χ4v) is 1.50. The van der Waals surface area contributed by atoms with Gasteiger partial charge in [-0.25, -0.2) is 9.67 Å². The first-order chi connectivity index (χ1) is 7.81. The maximum atomic E-state index is 9.74. The summed E-state index contributed by atoms with van der Waals surface area (Å²) in [5, 5.41) is 16.7. The molecule has 0 fully saturated rings. The zero-order valence-corrected chi connectivity index (χ0v) is 9.04. The molecule has 1 aromatic heterocycles. The first-order valence-corrected chi connectivity index (χ1v) is 5.09. The molecule has 1 aromatic carbocycles. The zero-order valence-electron chi connectivity index (χ0n) is 9.04. The van der Waals surface area contributed by atoms with Gasteiger partial charge in [-0.3, -0.25) is 0 Å². The van der Waals surface area contributed by atoms with Gasteiger partial charge in [0.05, 0.1) is 11.8 Å². The van der Waals surface area contributed by atoms with E-state index < -0.39 is 6.10 Å². The largest absolute Gasteiger partial charge is 0.387 e. The number of aliphatic hydroxyl groups excluding tert-OH is 1. The number of nitrogens with one attached hydrogen (secondary N) is 1. The van der Waals surface area contributed by atoms with E-state index in [0.717, 1.165) is 11.3 Å². The fraction of sp³-hybridized carbons (Fsp3) is 0.273. The monoisotopic (exact) mass is 218 g/mol. The summed E-state index contributed by atoms with van der Waals surface area (Å²) in [6.07, 6.45) is 2.65. The van der Waals surface area contributed by atoms with Gasteiger partial charge < -0.3 is 10.4 Å². The summed E-state index contributed by atoms with van der Waals surface area (Å²) < 4.78 is 1.67. The van der Waals surface area contributed by atoms with Crippen LogP contribution in [-0.4, -0.2) is 33.5 Å². The van der Waals surface area contributed by atoms with Crippen molar-refractivity contribution in [1.29, 1.82) is 0 Å². The van der Waals surface area contributed by atoms with Crippen molar-refractivity contribution in [2.45, 2.75) is 6.10 Å². The van der Waals surface area contributed by atoms with Crippen LogP contribution in [0.3, 0.4) is 0 Å². The minimum Gasteiger partial charge on any atom is -0.387 e. The maximum Gasteiger partial charge on any atom is 0.138 e. The highest BCUT2D eigenvalue weighted by molar-refractivity contribution is 5.34. The van der Waals surface area contributed by atoms with Gasteiger partial charge in [0, 0.05) is 6.54 Å². The summed E-state index contributed by atoms with van der Waals surface area (Å²) >= 11 is 0. The third-order valence-corrected chi connectivity index (χ3v) is 2.36. The number of aliphatic hydroxyl groups is 1. The summed E-state index contributed by atoms with van der Waals surface area (Å²) in [7, 11) is 1.81. The van der Waals surface area contributed by atoms with E-state index in [1.807, 2.05) is 31.3 Å². The Hall–Kier alpha value is -1.72. The first kappa shape index (κ1) is 10.8. The molecule has 5 heteroatoms. The Morgan fingerprint density at radius 1 is 1.38 bits per heavy atom. The standard InChI is InChI=1S/C11H14N4O/c1-12-6-11(16)9-2-4-10(5-3-9)15-8-13-7-14-15/h2-5,7-8,11-12,16H,6H2,1H3. The lowest BCUT2D eigenvalue weighted by molar-refractivity contribution is 0.178. The highest BCUT2D eigenvalue weighted by Gasteiger charge is 2.06. The van der Waals surface area contributed by atoms with E-state index in [1.165, 1.54) is 6.33 Å². The molecule has 0 bridgehead atoms. The molecule has 2 rings (SSSR count). The minimum absolute atomic E-state index is 0.477. The van der Waals surface area contributed by atoms with Gasteiger partial charge in [-0.15, -0.1) is 0 Å². The Balaban J connectivity index is 2.16. The second kappa shape index (κ2) is 4.87. The van der Waals surface area contributed by atoms with E-state index >= 15 is 0 Å². The van der Waals surface area contributed by atoms with Gasteiger partial charge >= 0.3 is 0 Å². The van der Waals surface area contributed by atoms with Crippen molar-refractivity contribution in [1.82, 2.24) is 20.1 Å². The van der Waals surface area contributed by atoms with E-state index in [-0.39, 0.29) is 0 Å². The topological polar surface area (TPSA) is 63.0 Å². The Kier molecular flexibility index (Phi) is 3.28. The first-order valence-electron chi connectivity index (χ1n) is 5.09. The molecule has 0 amide bonds. The van der Waals surface area contributed by atoms with Crippen LogP contribution in [0.15, 0.2) is 36.9 Å². The summed E-state index contributed by atoms with van der Waals surface area (Å²) in [6.45, 7) is 0.544. The van der Waals surface area contributed by atoms with Crippen molar-refractivity contribution in [2.24, 2.45) is 0 Å². The molecule has 1 heterocycles. The minimum atomic E-state index is -0.477. The van der Waals surface area contributed by atoms with Crippen LogP contribution < -0.4 is 5.32 Å². The van der Waals surface area contributed by atoms with Crippen molar-refractivity contribution in [3.8, 4) is 5.69 Å². The van der Waals surface area contributed by atoms with Crippen LogP contribution in [-0.2, 0) is 0 Å². The highest BCUT2D eigenvalue weighted by atomic mass is 16.3. The highest BCUT2D eigenvalue weighted by Crippen LogP contribution is 2.14. The summed E-state index contributed by atoms with van der Waals surface area (Å²) in [6, 6.07) is 7.59. The van der Waals surface area contributed by atoms with Crippen molar-refractivity contribution in [3.05, 3.63) is 42.5 Å². The van der Waals surface area contributed by atoms with E-state index in [4.69, 9.17) is 0 Å². The Morgan fingerprint density at radius 3 is 2.69 bits per heavy atom. The SMILES string of the molecule is CNCC(O)c1ccc(-n2cncn2)cc1. The summed E-state index contributed by atoms with van der Waals surface area (Å²) in [5.41, 5.74) is 1.82. The van der Waals surface area contributed by atoms with Gasteiger partial charge in [0.2, 0.25) is 0 Å². The Morgan fingerprint density at radius 2 is 2.12 bits per heavy atom. The van der Waals surface area contributed by atoms with Crippen LogP contribution in [0.5, 0.6) is 0 Å². The van der Waals surface area contributed by atoms with Gasteiger partial charge in [0.25, 0.3) is 0 Å². The third-order valence-electron chi connectivity index (χ3n) is 2.36. The van der Waals surface area contributed by atoms with Crippen LogP contribution in [0.25, 0.3) is 5.69 Å². The van der Waals surface area contributed by atoms with Gasteiger partial charge in [-0.2, -0.15) is 5.10 Å². The second-order valence-electron chi connectivity index (χ2n) is 3.51. The molecule has 0 aliphatic heterocycles. The molecular formula is C11H14N4O. The molecule has 84 valence electrons. The van der Waals surface area contributed by atoms with Gasteiger partial charge in [0.15, 0.2) is 0 Å². The Labute approximate surface area is 93.8 Å². The number of aromatic nitrogens is 3. The van der Waals surface area contributed by atoms with Gasteiger partial charge in [-0.05, 0) is 24.7 Å². The average Bonchev–Trinajstić information content (AvgIpc) is 2.83. The predicted octanol–water partition coefficient (Wildman–Crippen LogP) is 0.520. The number of benzene rings is 1. The molecule has 16 heavy (non-hydrogen) atoms. The van der Waals surface area contributed by atoms with Gasteiger partial charge in [-0.1, -0.05) is 12.1 Å². The molecule has 2 aromatic rings. The van der Waals surface area contributed by atoms with Gasteiger partial charge in [0.1, 0.15) is 12.7 Å².